The van der Waals surface area contributed by atoms with E-state index in [1.54, 1.807) is 0 Å². The van der Waals surface area contributed by atoms with Crippen molar-refractivity contribution in [2.75, 3.05) is 5.32 Å². The predicted molar refractivity (Wildman–Crippen MR) is 66.1 cm³/mol. The van der Waals surface area contributed by atoms with Gasteiger partial charge in [0.05, 0.1) is 6.10 Å². The molecule has 0 radical (unpaired) electrons. The standard InChI is InChI=1S/C14H19NO/c1-10-8-11-6-7-13(9-14(11)15-10)16-12-4-2-3-5-12/h6-7,9-10,12,15H,2-5,8H2,1H3. The van der Waals surface area contributed by atoms with Crippen molar-refractivity contribution in [3.05, 3.63) is 23.8 Å². The summed E-state index contributed by atoms with van der Waals surface area (Å²) in [5.74, 6) is 1.03. The summed E-state index contributed by atoms with van der Waals surface area (Å²) >= 11 is 0. The fourth-order valence-corrected chi connectivity index (χ4v) is 2.79. The molecule has 0 spiro atoms. The third kappa shape index (κ3) is 1.89. The summed E-state index contributed by atoms with van der Waals surface area (Å²) in [5, 5.41) is 3.48. The largest absolute Gasteiger partial charge is 0.490 e. The molecule has 1 atom stereocenters. The Bertz CT molecular complexity index is 382. The van der Waals surface area contributed by atoms with Crippen LogP contribution >= 0.6 is 0 Å². The highest BCUT2D eigenvalue weighted by molar-refractivity contribution is 5.59. The molecule has 2 nitrogen and oxygen atoms in total. The van der Waals surface area contributed by atoms with Gasteiger partial charge in [0.2, 0.25) is 0 Å². The topological polar surface area (TPSA) is 21.3 Å². The lowest BCUT2D eigenvalue weighted by molar-refractivity contribution is 0.210. The smallest absolute Gasteiger partial charge is 0.121 e. The first-order chi connectivity index (χ1) is 7.81. The van der Waals surface area contributed by atoms with Gasteiger partial charge in [0.15, 0.2) is 0 Å². The maximum absolute atomic E-state index is 6.00. The number of hydrogen-bond donors (Lipinski definition) is 1. The van der Waals surface area contributed by atoms with Crippen molar-refractivity contribution in [2.24, 2.45) is 0 Å². The second-order valence-electron chi connectivity index (χ2n) is 5.09. The van der Waals surface area contributed by atoms with Crippen molar-refractivity contribution >= 4 is 5.69 Å². The summed E-state index contributed by atoms with van der Waals surface area (Å²) in [6.07, 6.45) is 6.69. The summed E-state index contributed by atoms with van der Waals surface area (Å²) in [6, 6.07) is 7.06. The fraction of sp³-hybridized carbons (Fsp3) is 0.571. The maximum atomic E-state index is 6.00. The summed E-state index contributed by atoms with van der Waals surface area (Å²) in [7, 11) is 0. The van der Waals surface area contributed by atoms with Gasteiger partial charge in [-0.2, -0.15) is 0 Å². The van der Waals surface area contributed by atoms with Gasteiger partial charge in [-0.3, -0.25) is 0 Å². The minimum atomic E-state index is 0.455. The number of ether oxygens (including phenoxy) is 1. The van der Waals surface area contributed by atoms with Gasteiger partial charge < -0.3 is 10.1 Å². The molecule has 1 heterocycles. The molecular weight excluding hydrogens is 198 g/mol. The van der Waals surface area contributed by atoms with E-state index in [1.165, 1.54) is 36.9 Å². The third-order valence-corrected chi connectivity index (χ3v) is 3.61. The molecule has 1 aromatic rings. The molecule has 1 aromatic carbocycles. The average molecular weight is 217 g/mol. The van der Waals surface area contributed by atoms with Crippen molar-refractivity contribution in [2.45, 2.75) is 51.2 Å². The van der Waals surface area contributed by atoms with Gasteiger partial charge in [0.1, 0.15) is 5.75 Å². The van der Waals surface area contributed by atoms with Crippen molar-refractivity contribution in [1.82, 2.24) is 0 Å². The van der Waals surface area contributed by atoms with E-state index >= 15 is 0 Å². The van der Waals surface area contributed by atoms with Crippen molar-refractivity contribution < 1.29 is 4.74 Å². The van der Waals surface area contributed by atoms with Crippen LogP contribution in [0.1, 0.15) is 38.2 Å². The molecule has 0 saturated heterocycles. The van der Waals surface area contributed by atoms with Gasteiger partial charge in [-0.05, 0) is 50.7 Å². The van der Waals surface area contributed by atoms with Crippen LogP contribution in [0.15, 0.2) is 18.2 Å². The molecule has 86 valence electrons. The van der Waals surface area contributed by atoms with Crippen LogP contribution < -0.4 is 10.1 Å². The summed E-state index contributed by atoms with van der Waals surface area (Å²) in [6.45, 7) is 2.22. The van der Waals surface area contributed by atoms with Crippen LogP contribution in [0.3, 0.4) is 0 Å². The minimum absolute atomic E-state index is 0.455. The molecule has 2 heteroatoms. The molecule has 1 aliphatic carbocycles. The van der Waals surface area contributed by atoms with E-state index in [4.69, 9.17) is 4.74 Å². The highest BCUT2D eigenvalue weighted by atomic mass is 16.5. The molecule has 16 heavy (non-hydrogen) atoms. The normalized spacial score (nSPS) is 24.2. The fourth-order valence-electron chi connectivity index (χ4n) is 2.79. The molecule has 0 amide bonds. The lowest BCUT2D eigenvalue weighted by atomic mass is 10.1. The van der Waals surface area contributed by atoms with Crippen molar-refractivity contribution in [3.8, 4) is 5.75 Å². The van der Waals surface area contributed by atoms with Crippen LogP contribution in [0.25, 0.3) is 0 Å². The molecule has 3 rings (SSSR count). The second-order valence-corrected chi connectivity index (χ2v) is 5.09. The zero-order valence-corrected chi connectivity index (χ0v) is 9.83. The highest BCUT2D eigenvalue weighted by Crippen LogP contribution is 2.31. The number of anilines is 1. The molecule has 0 aromatic heterocycles. The van der Waals surface area contributed by atoms with E-state index in [0.717, 1.165) is 12.2 Å². The Hall–Kier alpha value is -1.18. The Kier molecular flexibility index (Phi) is 2.50. The molecule has 1 N–H and O–H groups in total. The van der Waals surface area contributed by atoms with Gasteiger partial charge in [-0.15, -0.1) is 0 Å². The maximum Gasteiger partial charge on any atom is 0.121 e. The Morgan fingerprint density at radius 2 is 2.06 bits per heavy atom. The number of nitrogens with one attached hydrogen (secondary N) is 1. The van der Waals surface area contributed by atoms with Crippen molar-refractivity contribution in [3.63, 3.8) is 0 Å². The van der Waals surface area contributed by atoms with Crippen molar-refractivity contribution in [1.29, 1.82) is 0 Å². The first-order valence-corrected chi connectivity index (χ1v) is 6.37. The molecule has 1 fully saturated rings. The first-order valence-electron chi connectivity index (χ1n) is 6.37. The van der Waals surface area contributed by atoms with E-state index in [1.807, 2.05) is 0 Å². The molecular formula is C14H19NO. The predicted octanol–water partition coefficient (Wildman–Crippen LogP) is 3.36. The summed E-state index contributed by atoms with van der Waals surface area (Å²) in [4.78, 5) is 0. The Morgan fingerprint density at radius 3 is 2.88 bits per heavy atom. The number of fused-ring (bicyclic) bond motifs is 1. The van der Waals surface area contributed by atoms with Gasteiger partial charge >= 0.3 is 0 Å². The SMILES string of the molecule is CC1Cc2ccc(OC3CCCC3)cc2N1. The Labute approximate surface area is 97.0 Å². The number of rotatable bonds is 2. The quantitative estimate of drug-likeness (QED) is 0.820. The van der Waals surface area contributed by atoms with Crippen LogP contribution in [-0.4, -0.2) is 12.1 Å². The van der Waals surface area contributed by atoms with Gasteiger partial charge in [0, 0.05) is 17.8 Å². The summed E-state index contributed by atoms with van der Waals surface area (Å²) in [5.41, 5.74) is 2.69. The molecule has 0 bridgehead atoms. The first kappa shape index (κ1) is 10.0. The Morgan fingerprint density at radius 1 is 1.25 bits per heavy atom. The zero-order chi connectivity index (χ0) is 11.0. The van der Waals surface area contributed by atoms with E-state index in [2.05, 4.69) is 30.4 Å². The van der Waals surface area contributed by atoms with Crippen LogP contribution in [-0.2, 0) is 6.42 Å². The zero-order valence-electron chi connectivity index (χ0n) is 9.83. The van der Waals surface area contributed by atoms with Gasteiger partial charge in [-0.25, -0.2) is 0 Å². The minimum Gasteiger partial charge on any atom is -0.490 e. The van der Waals surface area contributed by atoms with Crippen LogP contribution in [0, 0.1) is 0 Å². The molecule has 1 aliphatic heterocycles. The Balaban J connectivity index is 1.74. The second kappa shape index (κ2) is 4.00. The average Bonchev–Trinajstić information content (AvgIpc) is 2.85. The molecule has 1 saturated carbocycles. The van der Waals surface area contributed by atoms with Crippen LogP contribution in [0.4, 0.5) is 5.69 Å². The van der Waals surface area contributed by atoms with E-state index in [0.29, 0.717) is 12.1 Å². The highest BCUT2D eigenvalue weighted by Gasteiger charge is 2.19. The van der Waals surface area contributed by atoms with Gasteiger partial charge in [-0.1, -0.05) is 6.07 Å². The van der Waals surface area contributed by atoms with Crippen LogP contribution in [0.2, 0.25) is 0 Å². The van der Waals surface area contributed by atoms with E-state index < -0.39 is 0 Å². The lowest BCUT2D eigenvalue weighted by Gasteiger charge is -2.14. The van der Waals surface area contributed by atoms with E-state index in [-0.39, 0.29) is 0 Å². The third-order valence-electron chi connectivity index (χ3n) is 3.61. The number of benzene rings is 1. The molecule has 2 aliphatic rings. The number of hydrogen-bond acceptors (Lipinski definition) is 2. The lowest BCUT2D eigenvalue weighted by Crippen LogP contribution is -2.11. The molecule has 1 unspecified atom stereocenters. The monoisotopic (exact) mass is 217 g/mol. The van der Waals surface area contributed by atoms with E-state index in [9.17, 15) is 0 Å². The van der Waals surface area contributed by atoms with Gasteiger partial charge in [0.25, 0.3) is 0 Å². The van der Waals surface area contributed by atoms with Crippen LogP contribution in [0.5, 0.6) is 5.75 Å². The summed E-state index contributed by atoms with van der Waals surface area (Å²) < 4.78 is 6.00.